The molecule has 0 radical (unpaired) electrons. The van der Waals surface area contributed by atoms with Gasteiger partial charge >= 0.3 is 0 Å². The van der Waals surface area contributed by atoms with E-state index in [9.17, 15) is 4.79 Å². The molecular weight excluding hydrogens is 128 g/mol. The molecule has 1 fully saturated rings. The summed E-state index contributed by atoms with van der Waals surface area (Å²) in [5.74, 6) is 0.438. The highest BCUT2D eigenvalue weighted by molar-refractivity contribution is 5.80. The molecule has 1 aliphatic heterocycles. The van der Waals surface area contributed by atoms with Gasteiger partial charge in [-0.15, -0.1) is 0 Å². The van der Waals surface area contributed by atoms with Crippen molar-refractivity contribution in [1.29, 1.82) is 0 Å². The summed E-state index contributed by atoms with van der Waals surface area (Å²) in [6, 6.07) is -0.0649. The van der Waals surface area contributed by atoms with Crippen molar-refractivity contribution in [2.45, 2.75) is 25.8 Å². The molecule has 0 aromatic rings. The number of carbonyl (C=O) groups is 1. The number of amides is 1. The Kier molecular flexibility index (Phi) is 2.27. The van der Waals surface area contributed by atoms with Gasteiger partial charge in [0.15, 0.2) is 0 Å². The third kappa shape index (κ3) is 1.48. The van der Waals surface area contributed by atoms with Crippen LogP contribution in [0.1, 0.15) is 19.8 Å². The minimum absolute atomic E-state index is 0.0649. The summed E-state index contributed by atoms with van der Waals surface area (Å²) in [5.41, 5.74) is 5.11. The predicted octanol–water partition coefficient (Wildman–Crippen LogP) is -0.140. The highest BCUT2D eigenvalue weighted by Gasteiger charge is 2.25. The molecule has 58 valence electrons. The summed E-state index contributed by atoms with van der Waals surface area (Å²) >= 11 is 0. The predicted molar refractivity (Wildman–Crippen MR) is 39.4 cm³/mol. The lowest BCUT2D eigenvalue weighted by Gasteiger charge is -2.03. The highest BCUT2D eigenvalue weighted by atomic mass is 16.1. The van der Waals surface area contributed by atoms with E-state index in [1.807, 2.05) is 0 Å². The van der Waals surface area contributed by atoms with E-state index in [-0.39, 0.29) is 11.9 Å². The Morgan fingerprint density at radius 3 is 2.80 bits per heavy atom. The highest BCUT2D eigenvalue weighted by Crippen LogP contribution is 2.16. The lowest BCUT2D eigenvalue weighted by Crippen LogP contribution is -2.36. The van der Waals surface area contributed by atoms with E-state index in [0.717, 1.165) is 19.4 Å². The SMILES string of the molecule is CCC1CNC(C(N)=O)C1. The number of rotatable bonds is 2. The molecule has 3 nitrogen and oxygen atoms in total. The fourth-order valence-electron chi connectivity index (χ4n) is 1.34. The number of nitrogens with two attached hydrogens (primary N) is 1. The second-order valence-electron chi connectivity index (χ2n) is 2.87. The Bertz CT molecular complexity index is 136. The van der Waals surface area contributed by atoms with Gasteiger partial charge in [0.1, 0.15) is 0 Å². The van der Waals surface area contributed by atoms with Crippen molar-refractivity contribution in [3.63, 3.8) is 0 Å². The van der Waals surface area contributed by atoms with Crippen molar-refractivity contribution in [3.05, 3.63) is 0 Å². The lowest BCUT2D eigenvalue weighted by molar-refractivity contribution is -0.119. The van der Waals surface area contributed by atoms with Crippen LogP contribution < -0.4 is 11.1 Å². The largest absolute Gasteiger partial charge is 0.368 e. The summed E-state index contributed by atoms with van der Waals surface area (Å²) in [6.45, 7) is 3.08. The number of hydrogen-bond donors (Lipinski definition) is 2. The standard InChI is InChI=1S/C7H14N2O/c1-2-5-3-6(7(8)10)9-4-5/h5-6,9H,2-4H2,1H3,(H2,8,10). The fraction of sp³-hybridized carbons (Fsp3) is 0.857. The van der Waals surface area contributed by atoms with Crippen LogP contribution in [0.4, 0.5) is 0 Å². The van der Waals surface area contributed by atoms with Crippen LogP contribution in [0.5, 0.6) is 0 Å². The third-order valence-corrected chi connectivity index (χ3v) is 2.14. The number of primary amides is 1. The zero-order valence-electron chi connectivity index (χ0n) is 6.26. The number of nitrogens with one attached hydrogen (secondary N) is 1. The van der Waals surface area contributed by atoms with Crippen molar-refractivity contribution < 1.29 is 4.79 Å². The Morgan fingerprint density at radius 1 is 1.80 bits per heavy atom. The normalized spacial score (nSPS) is 32.5. The van der Waals surface area contributed by atoms with Gasteiger partial charge in [-0.3, -0.25) is 4.79 Å². The summed E-state index contributed by atoms with van der Waals surface area (Å²) in [4.78, 5) is 10.6. The van der Waals surface area contributed by atoms with Crippen LogP contribution in [-0.2, 0) is 4.79 Å². The van der Waals surface area contributed by atoms with Crippen LogP contribution in [-0.4, -0.2) is 18.5 Å². The Morgan fingerprint density at radius 2 is 2.50 bits per heavy atom. The second kappa shape index (κ2) is 3.01. The molecule has 10 heavy (non-hydrogen) atoms. The molecule has 2 unspecified atom stereocenters. The fourth-order valence-corrected chi connectivity index (χ4v) is 1.34. The Labute approximate surface area is 61.0 Å². The van der Waals surface area contributed by atoms with Crippen LogP contribution in [0.15, 0.2) is 0 Å². The monoisotopic (exact) mass is 142 g/mol. The van der Waals surface area contributed by atoms with E-state index >= 15 is 0 Å². The number of carbonyl (C=O) groups excluding carboxylic acids is 1. The molecular formula is C7H14N2O. The maximum atomic E-state index is 10.6. The zero-order chi connectivity index (χ0) is 7.56. The first-order valence-electron chi connectivity index (χ1n) is 3.76. The molecule has 0 aliphatic carbocycles. The topological polar surface area (TPSA) is 55.1 Å². The molecule has 1 aliphatic rings. The first-order valence-corrected chi connectivity index (χ1v) is 3.76. The molecule has 3 N–H and O–H groups in total. The molecule has 1 amide bonds. The van der Waals surface area contributed by atoms with E-state index in [4.69, 9.17) is 5.73 Å². The van der Waals surface area contributed by atoms with Crippen molar-refractivity contribution in [2.24, 2.45) is 11.7 Å². The van der Waals surface area contributed by atoms with Gasteiger partial charge in [0.25, 0.3) is 0 Å². The van der Waals surface area contributed by atoms with Crippen LogP contribution >= 0.6 is 0 Å². The maximum absolute atomic E-state index is 10.6. The first kappa shape index (κ1) is 7.54. The molecule has 0 aromatic carbocycles. The van der Waals surface area contributed by atoms with Gasteiger partial charge in [0.2, 0.25) is 5.91 Å². The van der Waals surface area contributed by atoms with Crippen molar-refractivity contribution in [1.82, 2.24) is 5.32 Å². The smallest absolute Gasteiger partial charge is 0.234 e. The summed E-state index contributed by atoms with van der Waals surface area (Å²) in [5, 5.41) is 3.08. The molecule has 0 saturated carbocycles. The average Bonchev–Trinajstić information content (AvgIpc) is 2.34. The van der Waals surface area contributed by atoms with Gasteiger partial charge < -0.3 is 11.1 Å². The van der Waals surface area contributed by atoms with Crippen molar-refractivity contribution >= 4 is 5.91 Å². The Balaban J connectivity index is 2.35. The van der Waals surface area contributed by atoms with Gasteiger partial charge in [-0.1, -0.05) is 13.3 Å². The quantitative estimate of drug-likeness (QED) is 0.564. The van der Waals surface area contributed by atoms with E-state index in [1.165, 1.54) is 0 Å². The summed E-state index contributed by atoms with van der Waals surface area (Å²) < 4.78 is 0. The van der Waals surface area contributed by atoms with Gasteiger partial charge in [-0.05, 0) is 18.9 Å². The van der Waals surface area contributed by atoms with Gasteiger partial charge in [0, 0.05) is 0 Å². The average molecular weight is 142 g/mol. The van der Waals surface area contributed by atoms with Crippen molar-refractivity contribution in [3.8, 4) is 0 Å². The van der Waals surface area contributed by atoms with Crippen LogP contribution in [0.25, 0.3) is 0 Å². The molecule has 1 rings (SSSR count). The molecule has 1 heterocycles. The van der Waals surface area contributed by atoms with Crippen LogP contribution in [0.2, 0.25) is 0 Å². The second-order valence-corrected chi connectivity index (χ2v) is 2.87. The van der Waals surface area contributed by atoms with Crippen molar-refractivity contribution in [2.75, 3.05) is 6.54 Å². The van der Waals surface area contributed by atoms with Gasteiger partial charge in [0.05, 0.1) is 6.04 Å². The minimum Gasteiger partial charge on any atom is -0.368 e. The van der Waals surface area contributed by atoms with Crippen LogP contribution in [0, 0.1) is 5.92 Å². The van der Waals surface area contributed by atoms with E-state index < -0.39 is 0 Å². The van der Waals surface area contributed by atoms with Gasteiger partial charge in [-0.2, -0.15) is 0 Å². The third-order valence-electron chi connectivity index (χ3n) is 2.14. The zero-order valence-corrected chi connectivity index (χ0v) is 6.26. The maximum Gasteiger partial charge on any atom is 0.234 e. The summed E-state index contributed by atoms with van der Waals surface area (Å²) in [6.07, 6.45) is 2.06. The van der Waals surface area contributed by atoms with E-state index in [0.29, 0.717) is 5.92 Å². The van der Waals surface area contributed by atoms with E-state index in [2.05, 4.69) is 12.2 Å². The Hall–Kier alpha value is -0.570. The molecule has 0 aromatic heterocycles. The molecule has 0 spiro atoms. The van der Waals surface area contributed by atoms with Crippen LogP contribution in [0.3, 0.4) is 0 Å². The molecule has 2 atom stereocenters. The minimum atomic E-state index is -0.212. The lowest BCUT2D eigenvalue weighted by atomic mass is 10.0. The molecule has 3 heteroatoms. The molecule has 1 saturated heterocycles. The molecule has 0 bridgehead atoms. The number of hydrogen-bond acceptors (Lipinski definition) is 2. The summed E-state index contributed by atoms with van der Waals surface area (Å²) in [7, 11) is 0. The first-order chi connectivity index (χ1) is 4.74. The van der Waals surface area contributed by atoms with E-state index in [1.54, 1.807) is 0 Å². The van der Waals surface area contributed by atoms with Gasteiger partial charge in [-0.25, -0.2) is 0 Å².